The van der Waals surface area contributed by atoms with Crippen molar-refractivity contribution in [2.75, 3.05) is 19.6 Å². The summed E-state index contributed by atoms with van der Waals surface area (Å²) >= 11 is 0. The third-order valence-corrected chi connectivity index (χ3v) is 3.08. The van der Waals surface area contributed by atoms with E-state index in [1.165, 1.54) is 0 Å². The molecule has 14 heavy (non-hydrogen) atoms. The molecule has 0 bridgehead atoms. The van der Waals surface area contributed by atoms with Crippen LogP contribution in [0.1, 0.15) is 40.0 Å². The van der Waals surface area contributed by atoms with E-state index in [0.717, 1.165) is 25.8 Å². The Labute approximate surface area is 86.7 Å². The average Bonchev–Trinajstić information content (AvgIpc) is 2.01. The Morgan fingerprint density at radius 3 is 2.64 bits per heavy atom. The summed E-state index contributed by atoms with van der Waals surface area (Å²) < 4.78 is 0. The van der Waals surface area contributed by atoms with Crippen molar-refractivity contribution in [2.45, 2.75) is 51.2 Å². The number of hydrogen-bond donors (Lipinski definition) is 2. The van der Waals surface area contributed by atoms with Crippen molar-refractivity contribution in [1.29, 1.82) is 0 Å². The van der Waals surface area contributed by atoms with Crippen molar-refractivity contribution < 1.29 is 10.2 Å². The predicted molar refractivity (Wildman–Crippen MR) is 57.2 cm³/mol. The fourth-order valence-corrected chi connectivity index (χ4v) is 2.05. The molecule has 84 valence electrons. The molecule has 3 nitrogen and oxygen atoms in total. The number of hydrogen-bond acceptors (Lipinski definition) is 3. The maximum atomic E-state index is 9.92. The summed E-state index contributed by atoms with van der Waals surface area (Å²) in [7, 11) is 0. The lowest BCUT2D eigenvalue weighted by molar-refractivity contribution is -0.0495. The van der Waals surface area contributed by atoms with Crippen LogP contribution >= 0.6 is 0 Å². The van der Waals surface area contributed by atoms with E-state index in [1.807, 2.05) is 20.8 Å². The van der Waals surface area contributed by atoms with Gasteiger partial charge in [-0.05, 0) is 39.7 Å². The summed E-state index contributed by atoms with van der Waals surface area (Å²) in [6.07, 6.45) is 2.65. The molecule has 0 aromatic carbocycles. The van der Waals surface area contributed by atoms with Crippen molar-refractivity contribution in [3.8, 4) is 0 Å². The van der Waals surface area contributed by atoms with Crippen LogP contribution in [-0.2, 0) is 0 Å². The van der Waals surface area contributed by atoms with E-state index in [2.05, 4.69) is 4.90 Å². The molecule has 0 spiro atoms. The lowest BCUT2D eigenvalue weighted by Gasteiger charge is -2.39. The number of aliphatic hydroxyl groups is 2. The normalized spacial score (nSPS) is 34.1. The second-order valence-corrected chi connectivity index (χ2v) is 5.16. The Kier molecular flexibility index (Phi) is 3.56. The first kappa shape index (κ1) is 12.0. The fraction of sp³-hybridized carbons (Fsp3) is 1.00. The molecule has 1 aliphatic heterocycles. The molecular formula is C11H23NO2. The molecule has 1 heterocycles. The molecule has 1 saturated heterocycles. The van der Waals surface area contributed by atoms with E-state index in [1.54, 1.807) is 0 Å². The Morgan fingerprint density at radius 1 is 1.50 bits per heavy atom. The minimum absolute atomic E-state index is 0.567. The first-order valence-electron chi connectivity index (χ1n) is 5.52. The van der Waals surface area contributed by atoms with Gasteiger partial charge >= 0.3 is 0 Å². The SMILES string of the molecule is CCC(C)(O)CN1CCCC(C)(O)C1. The summed E-state index contributed by atoms with van der Waals surface area (Å²) in [6.45, 7) is 8.06. The van der Waals surface area contributed by atoms with Crippen LogP contribution in [-0.4, -0.2) is 45.9 Å². The van der Waals surface area contributed by atoms with Gasteiger partial charge in [0.1, 0.15) is 0 Å². The molecule has 0 amide bonds. The van der Waals surface area contributed by atoms with Gasteiger partial charge in [-0.15, -0.1) is 0 Å². The molecule has 1 rings (SSSR count). The van der Waals surface area contributed by atoms with Crippen LogP contribution in [0, 0.1) is 0 Å². The summed E-state index contributed by atoms with van der Waals surface area (Å²) in [5.74, 6) is 0. The van der Waals surface area contributed by atoms with Gasteiger partial charge in [0.25, 0.3) is 0 Å². The molecule has 0 aliphatic carbocycles. The molecular weight excluding hydrogens is 178 g/mol. The lowest BCUT2D eigenvalue weighted by atomic mass is 9.93. The topological polar surface area (TPSA) is 43.7 Å². The highest BCUT2D eigenvalue weighted by molar-refractivity contribution is 4.86. The van der Waals surface area contributed by atoms with Crippen LogP contribution in [0.25, 0.3) is 0 Å². The Balaban J connectivity index is 2.46. The number of likely N-dealkylation sites (tertiary alicyclic amines) is 1. The van der Waals surface area contributed by atoms with Gasteiger partial charge < -0.3 is 10.2 Å². The van der Waals surface area contributed by atoms with Crippen LogP contribution in [0.5, 0.6) is 0 Å². The van der Waals surface area contributed by atoms with Crippen molar-refractivity contribution in [3.63, 3.8) is 0 Å². The van der Waals surface area contributed by atoms with E-state index in [0.29, 0.717) is 13.1 Å². The average molecular weight is 201 g/mol. The van der Waals surface area contributed by atoms with E-state index in [9.17, 15) is 10.2 Å². The maximum Gasteiger partial charge on any atom is 0.0746 e. The first-order valence-corrected chi connectivity index (χ1v) is 5.52. The monoisotopic (exact) mass is 201 g/mol. The number of β-amino-alcohol motifs (C(OH)–C–C–N with tert-alkyl or cyclic N) is 2. The third-order valence-electron chi connectivity index (χ3n) is 3.08. The molecule has 0 saturated carbocycles. The second kappa shape index (κ2) is 4.17. The maximum absolute atomic E-state index is 9.92. The highest BCUT2D eigenvalue weighted by Crippen LogP contribution is 2.22. The van der Waals surface area contributed by atoms with Gasteiger partial charge in [-0.2, -0.15) is 0 Å². The van der Waals surface area contributed by atoms with Crippen molar-refractivity contribution >= 4 is 0 Å². The summed E-state index contributed by atoms with van der Waals surface area (Å²) in [4.78, 5) is 2.16. The third kappa shape index (κ3) is 3.56. The molecule has 0 aromatic rings. The standard InChI is InChI=1S/C11H23NO2/c1-4-10(2,13)8-12-7-5-6-11(3,14)9-12/h13-14H,4-9H2,1-3H3. The molecule has 1 fully saturated rings. The number of nitrogens with zero attached hydrogens (tertiary/aromatic N) is 1. The van der Waals surface area contributed by atoms with Crippen molar-refractivity contribution in [2.24, 2.45) is 0 Å². The van der Waals surface area contributed by atoms with E-state index >= 15 is 0 Å². The Morgan fingerprint density at radius 2 is 2.14 bits per heavy atom. The predicted octanol–water partition coefficient (Wildman–Crippen LogP) is 0.994. The Hall–Kier alpha value is -0.120. The minimum atomic E-state index is -0.618. The largest absolute Gasteiger partial charge is 0.389 e. The van der Waals surface area contributed by atoms with E-state index in [-0.39, 0.29) is 0 Å². The van der Waals surface area contributed by atoms with Crippen LogP contribution in [0.15, 0.2) is 0 Å². The molecule has 3 heteroatoms. The van der Waals surface area contributed by atoms with Gasteiger partial charge in [0, 0.05) is 13.1 Å². The van der Waals surface area contributed by atoms with Crippen molar-refractivity contribution in [1.82, 2.24) is 4.90 Å². The van der Waals surface area contributed by atoms with E-state index < -0.39 is 11.2 Å². The van der Waals surface area contributed by atoms with Gasteiger partial charge in [0.05, 0.1) is 11.2 Å². The molecule has 0 radical (unpaired) electrons. The zero-order chi connectivity index (χ0) is 10.8. The Bertz CT molecular complexity index is 190. The highest BCUT2D eigenvalue weighted by Gasteiger charge is 2.31. The van der Waals surface area contributed by atoms with Gasteiger partial charge in [-0.1, -0.05) is 6.92 Å². The van der Waals surface area contributed by atoms with Gasteiger partial charge in [0.2, 0.25) is 0 Å². The van der Waals surface area contributed by atoms with Crippen LogP contribution in [0.2, 0.25) is 0 Å². The highest BCUT2D eigenvalue weighted by atomic mass is 16.3. The first-order chi connectivity index (χ1) is 6.35. The zero-order valence-corrected chi connectivity index (χ0v) is 9.58. The fourth-order valence-electron chi connectivity index (χ4n) is 2.05. The van der Waals surface area contributed by atoms with Gasteiger partial charge in [-0.3, -0.25) is 4.90 Å². The smallest absolute Gasteiger partial charge is 0.0746 e. The molecule has 2 unspecified atom stereocenters. The summed E-state index contributed by atoms with van der Waals surface area (Å²) in [6, 6.07) is 0. The van der Waals surface area contributed by atoms with E-state index in [4.69, 9.17) is 0 Å². The summed E-state index contributed by atoms with van der Waals surface area (Å²) in [5.41, 5.74) is -1.19. The quantitative estimate of drug-likeness (QED) is 0.716. The van der Waals surface area contributed by atoms with Crippen LogP contribution in [0.4, 0.5) is 0 Å². The van der Waals surface area contributed by atoms with Gasteiger partial charge in [0.15, 0.2) is 0 Å². The van der Waals surface area contributed by atoms with Gasteiger partial charge in [-0.25, -0.2) is 0 Å². The van der Waals surface area contributed by atoms with Crippen molar-refractivity contribution in [3.05, 3.63) is 0 Å². The second-order valence-electron chi connectivity index (χ2n) is 5.16. The summed E-state index contributed by atoms with van der Waals surface area (Å²) in [5, 5.41) is 19.8. The lowest BCUT2D eigenvalue weighted by Crippen LogP contribution is -2.51. The zero-order valence-electron chi connectivity index (χ0n) is 9.58. The molecule has 0 aromatic heterocycles. The number of rotatable bonds is 3. The molecule has 2 atom stereocenters. The van der Waals surface area contributed by atoms with Crippen LogP contribution in [0.3, 0.4) is 0 Å². The minimum Gasteiger partial charge on any atom is -0.389 e. The van der Waals surface area contributed by atoms with Crippen LogP contribution < -0.4 is 0 Å². The number of piperidine rings is 1. The molecule has 1 aliphatic rings. The molecule has 2 N–H and O–H groups in total.